The third-order valence-corrected chi connectivity index (χ3v) is 6.82. The minimum absolute atomic E-state index is 0.0296. The molecule has 2 heterocycles. The van der Waals surface area contributed by atoms with Gasteiger partial charge in [0.1, 0.15) is 11.4 Å². The molecule has 0 aliphatic carbocycles. The van der Waals surface area contributed by atoms with Crippen LogP contribution in [0.4, 0.5) is 0 Å². The number of hydrogen-bond acceptors (Lipinski definition) is 5. The molecule has 0 saturated heterocycles. The van der Waals surface area contributed by atoms with Gasteiger partial charge in [0, 0.05) is 28.3 Å². The van der Waals surface area contributed by atoms with E-state index in [1.54, 1.807) is 17.7 Å². The average molecular weight is 520 g/mol. The Kier molecular flexibility index (Phi) is 8.79. The van der Waals surface area contributed by atoms with Crippen molar-refractivity contribution in [3.8, 4) is 28.3 Å². The molecule has 194 valence electrons. The summed E-state index contributed by atoms with van der Waals surface area (Å²) < 4.78 is 6.91. The van der Waals surface area contributed by atoms with Gasteiger partial charge in [0.25, 0.3) is 5.91 Å². The monoisotopic (exact) mass is 519 g/mol. The van der Waals surface area contributed by atoms with Crippen LogP contribution < -0.4 is 10.1 Å². The zero-order chi connectivity index (χ0) is 26.4. The van der Waals surface area contributed by atoms with Crippen LogP contribution in [-0.4, -0.2) is 58.2 Å². The Bertz CT molecular complexity index is 1330. The highest BCUT2D eigenvalue weighted by molar-refractivity contribution is 6.30. The van der Waals surface area contributed by atoms with Crippen molar-refractivity contribution in [2.75, 3.05) is 26.7 Å². The fourth-order valence-corrected chi connectivity index (χ4v) is 4.46. The van der Waals surface area contributed by atoms with Gasteiger partial charge in [-0.15, -0.1) is 0 Å². The average Bonchev–Trinajstić information content (AvgIpc) is 3.35. The highest BCUT2D eigenvalue weighted by Gasteiger charge is 2.19. The molecule has 4 rings (SSSR count). The molecule has 0 aliphatic rings. The zero-order valence-corrected chi connectivity index (χ0v) is 22.6. The SMILES string of the molecule is CCN(CC)CCC[C@H](C)NC(=O)c1cc(-c2ccc(OC)cc2)nc2cc(-c3ccc(Cl)cc3)nn12. The molecule has 2 aromatic heterocycles. The van der Waals surface area contributed by atoms with Gasteiger partial charge >= 0.3 is 0 Å². The number of ether oxygens (including phenoxy) is 1. The largest absolute Gasteiger partial charge is 0.497 e. The minimum Gasteiger partial charge on any atom is -0.497 e. The van der Waals surface area contributed by atoms with E-state index < -0.39 is 0 Å². The van der Waals surface area contributed by atoms with Gasteiger partial charge in [0.2, 0.25) is 0 Å². The van der Waals surface area contributed by atoms with Crippen molar-refractivity contribution in [3.05, 3.63) is 71.4 Å². The molecular formula is C29H34ClN5O2. The summed E-state index contributed by atoms with van der Waals surface area (Å²) in [5, 5.41) is 8.56. The summed E-state index contributed by atoms with van der Waals surface area (Å²) in [6, 6.07) is 18.8. The third kappa shape index (κ3) is 6.48. The van der Waals surface area contributed by atoms with Crippen molar-refractivity contribution in [2.24, 2.45) is 0 Å². The van der Waals surface area contributed by atoms with Gasteiger partial charge in [-0.25, -0.2) is 9.50 Å². The fraction of sp³-hybridized carbons (Fsp3) is 0.345. The quantitative estimate of drug-likeness (QED) is 0.264. The molecule has 37 heavy (non-hydrogen) atoms. The molecule has 0 bridgehead atoms. The van der Waals surface area contributed by atoms with Crippen LogP contribution in [0.3, 0.4) is 0 Å². The maximum absolute atomic E-state index is 13.5. The first-order valence-corrected chi connectivity index (χ1v) is 13.1. The lowest BCUT2D eigenvalue weighted by molar-refractivity contribution is 0.0929. The number of methoxy groups -OCH3 is 1. The first kappa shape index (κ1) is 26.6. The maximum atomic E-state index is 13.5. The number of amides is 1. The first-order chi connectivity index (χ1) is 17.9. The van der Waals surface area contributed by atoms with E-state index in [0.717, 1.165) is 55.0 Å². The lowest BCUT2D eigenvalue weighted by Gasteiger charge is -2.20. The Morgan fingerprint density at radius 1 is 1.03 bits per heavy atom. The van der Waals surface area contributed by atoms with Gasteiger partial charge < -0.3 is 15.0 Å². The van der Waals surface area contributed by atoms with Crippen LogP contribution in [-0.2, 0) is 0 Å². The number of aromatic nitrogens is 3. The second kappa shape index (κ2) is 12.2. The molecule has 0 unspecified atom stereocenters. The van der Waals surface area contributed by atoms with E-state index >= 15 is 0 Å². The number of nitrogens with zero attached hydrogens (tertiary/aromatic N) is 4. The Hall–Kier alpha value is -3.42. The van der Waals surface area contributed by atoms with E-state index in [1.807, 2.05) is 61.5 Å². The zero-order valence-electron chi connectivity index (χ0n) is 21.9. The molecule has 0 saturated carbocycles. The Morgan fingerprint density at radius 2 is 1.68 bits per heavy atom. The lowest BCUT2D eigenvalue weighted by atomic mass is 10.1. The molecule has 1 atom stereocenters. The molecule has 0 aliphatic heterocycles. The summed E-state index contributed by atoms with van der Waals surface area (Å²) in [5.74, 6) is 0.582. The normalized spacial score (nSPS) is 12.2. The summed E-state index contributed by atoms with van der Waals surface area (Å²) >= 11 is 6.07. The predicted molar refractivity (Wildman–Crippen MR) is 149 cm³/mol. The van der Waals surface area contributed by atoms with E-state index in [1.165, 1.54) is 0 Å². The predicted octanol–water partition coefficient (Wildman–Crippen LogP) is 5.97. The van der Waals surface area contributed by atoms with Crippen LogP contribution in [0, 0.1) is 0 Å². The highest BCUT2D eigenvalue weighted by Crippen LogP contribution is 2.26. The number of rotatable bonds is 11. The summed E-state index contributed by atoms with van der Waals surface area (Å²) in [6.07, 6.45) is 1.92. The number of carbonyl (C=O) groups is 1. The molecule has 1 amide bonds. The molecule has 0 spiro atoms. The smallest absolute Gasteiger partial charge is 0.270 e. The molecule has 0 fully saturated rings. The number of carbonyl (C=O) groups excluding carboxylic acids is 1. The van der Waals surface area contributed by atoms with Gasteiger partial charge in [-0.2, -0.15) is 5.10 Å². The van der Waals surface area contributed by atoms with Crippen LogP contribution in [0.15, 0.2) is 60.7 Å². The standard InChI is InChI=1S/C29H34ClN5O2/c1-5-34(6-2)17-7-8-20(3)31-29(36)27-18-25(21-11-15-24(37-4)16-12-21)32-28-19-26(33-35(27)28)22-9-13-23(30)14-10-22/h9-16,18-20H,5-8,17H2,1-4H3,(H,31,36)/t20-/m0/s1. The number of fused-ring (bicyclic) bond motifs is 1. The van der Waals surface area contributed by atoms with E-state index in [0.29, 0.717) is 22.1 Å². The van der Waals surface area contributed by atoms with Crippen molar-refractivity contribution in [2.45, 2.75) is 39.7 Å². The van der Waals surface area contributed by atoms with Crippen LogP contribution in [0.1, 0.15) is 44.1 Å². The van der Waals surface area contributed by atoms with Gasteiger partial charge in [0.15, 0.2) is 5.65 Å². The van der Waals surface area contributed by atoms with Crippen molar-refractivity contribution in [1.29, 1.82) is 0 Å². The Morgan fingerprint density at radius 3 is 2.32 bits per heavy atom. The molecule has 0 radical (unpaired) electrons. The number of benzene rings is 2. The lowest BCUT2D eigenvalue weighted by Crippen LogP contribution is -2.35. The third-order valence-electron chi connectivity index (χ3n) is 6.57. The first-order valence-electron chi connectivity index (χ1n) is 12.8. The van der Waals surface area contributed by atoms with Gasteiger partial charge in [-0.3, -0.25) is 4.79 Å². The van der Waals surface area contributed by atoms with Gasteiger partial charge in [-0.05, 0) is 81.9 Å². The van der Waals surface area contributed by atoms with E-state index in [-0.39, 0.29) is 11.9 Å². The molecule has 1 N–H and O–H groups in total. The van der Waals surface area contributed by atoms with E-state index in [9.17, 15) is 4.79 Å². The Labute approximate surface area is 223 Å². The molecule has 4 aromatic rings. The number of halogens is 1. The molecule has 8 heteroatoms. The van der Waals surface area contributed by atoms with Crippen molar-refractivity contribution < 1.29 is 9.53 Å². The maximum Gasteiger partial charge on any atom is 0.270 e. The number of nitrogens with one attached hydrogen (secondary N) is 1. The fourth-order valence-electron chi connectivity index (χ4n) is 4.34. The van der Waals surface area contributed by atoms with Crippen molar-refractivity contribution in [1.82, 2.24) is 24.8 Å². The highest BCUT2D eigenvalue weighted by atomic mass is 35.5. The minimum atomic E-state index is -0.178. The van der Waals surface area contributed by atoms with Crippen LogP contribution >= 0.6 is 11.6 Å². The van der Waals surface area contributed by atoms with Crippen LogP contribution in [0.2, 0.25) is 5.02 Å². The topological polar surface area (TPSA) is 71.8 Å². The second-order valence-electron chi connectivity index (χ2n) is 9.11. The summed E-state index contributed by atoms with van der Waals surface area (Å²) in [7, 11) is 1.63. The van der Waals surface area contributed by atoms with E-state index in [4.69, 9.17) is 26.4 Å². The molecule has 2 aromatic carbocycles. The summed E-state index contributed by atoms with van der Waals surface area (Å²) in [4.78, 5) is 20.7. The van der Waals surface area contributed by atoms with E-state index in [2.05, 4.69) is 24.1 Å². The Balaban J connectivity index is 1.65. The van der Waals surface area contributed by atoms with Crippen molar-refractivity contribution in [3.63, 3.8) is 0 Å². The second-order valence-corrected chi connectivity index (χ2v) is 9.54. The molecule has 7 nitrogen and oxygen atoms in total. The summed E-state index contributed by atoms with van der Waals surface area (Å²) in [6.45, 7) is 9.49. The van der Waals surface area contributed by atoms with Crippen LogP contribution in [0.5, 0.6) is 5.75 Å². The number of hydrogen-bond donors (Lipinski definition) is 1. The van der Waals surface area contributed by atoms with Crippen molar-refractivity contribution >= 4 is 23.2 Å². The van der Waals surface area contributed by atoms with Gasteiger partial charge in [-0.1, -0.05) is 37.6 Å². The molecular weight excluding hydrogens is 486 g/mol. The van der Waals surface area contributed by atoms with Crippen LogP contribution in [0.25, 0.3) is 28.2 Å². The van der Waals surface area contributed by atoms with Gasteiger partial charge in [0.05, 0.1) is 18.5 Å². The summed E-state index contributed by atoms with van der Waals surface area (Å²) in [5.41, 5.74) is 4.23.